The number of hydrogen-bond acceptors (Lipinski definition) is 2. The van der Waals surface area contributed by atoms with E-state index in [0.717, 1.165) is 14.7 Å². The maximum Gasteiger partial charge on any atom is 0.305 e. The van der Waals surface area contributed by atoms with Crippen molar-refractivity contribution < 1.29 is 14.7 Å². The molecule has 2 rings (SSSR count). The second kappa shape index (κ2) is 7.21. The quantitative estimate of drug-likeness (QED) is 0.765. The summed E-state index contributed by atoms with van der Waals surface area (Å²) in [4.78, 5) is 22.2. The third-order valence-electron chi connectivity index (χ3n) is 2.93. The molecule has 1 amide bonds. The lowest BCUT2D eigenvalue weighted by Gasteiger charge is -2.06. The lowest BCUT2D eigenvalue weighted by atomic mass is 10.0. The smallest absolute Gasteiger partial charge is 0.305 e. The van der Waals surface area contributed by atoms with Gasteiger partial charge in [-0.2, -0.15) is 0 Å². The van der Waals surface area contributed by atoms with Gasteiger partial charge in [0.05, 0.1) is 6.42 Å². The number of carbonyl (C=O) groups is 2. The minimum atomic E-state index is -0.927. The van der Waals surface area contributed by atoms with Crippen molar-refractivity contribution in [2.75, 3.05) is 6.54 Å². The van der Waals surface area contributed by atoms with Crippen molar-refractivity contribution in [2.45, 2.75) is 6.42 Å². The molecule has 2 N–H and O–H groups in total. The molecule has 0 saturated heterocycles. The average Bonchev–Trinajstić information content (AvgIpc) is 2.47. The standard InChI is InChI=1S/C16H14INO3/c17-14-3-1-2-13(10-14)11-4-6-12(7-5-11)16(21)18-9-8-15(19)20/h1-7,10H,8-9H2,(H,18,21)(H,19,20). The SMILES string of the molecule is O=C(O)CCNC(=O)c1ccc(-c2cccc(I)c2)cc1. The van der Waals surface area contributed by atoms with Gasteiger partial charge in [0, 0.05) is 15.7 Å². The number of carbonyl (C=O) groups excluding carboxylic acids is 1. The topological polar surface area (TPSA) is 66.4 Å². The Bertz CT molecular complexity index is 653. The maximum absolute atomic E-state index is 11.8. The molecule has 0 heterocycles. The van der Waals surface area contributed by atoms with Crippen molar-refractivity contribution in [1.82, 2.24) is 5.32 Å². The zero-order valence-corrected chi connectivity index (χ0v) is 13.3. The van der Waals surface area contributed by atoms with Crippen LogP contribution in [0.1, 0.15) is 16.8 Å². The highest BCUT2D eigenvalue weighted by molar-refractivity contribution is 14.1. The molecule has 0 aliphatic carbocycles. The van der Waals surface area contributed by atoms with Crippen LogP contribution >= 0.6 is 22.6 Å². The third kappa shape index (κ3) is 4.56. The van der Waals surface area contributed by atoms with Gasteiger partial charge in [0.2, 0.25) is 0 Å². The number of halogens is 1. The summed E-state index contributed by atoms with van der Waals surface area (Å²) in [5.41, 5.74) is 2.66. The Kier molecular flexibility index (Phi) is 5.32. The number of carboxylic acids is 1. The van der Waals surface area contributed by atoms with E-state index >= 15 is 0 Å². The van der Waals surface area contributed by atoms with Gasteiger partial charge in [-0.15, -0.1) is 0 Å². The van der Waals surface area contributed by atoms with Gasteiger partial charge in [0.25, 0.3) is 5.91 Å². The number of rotatable bonds is 5. The summed E-state index contributed by atoms with van der Waals surface area (Å²) in [6, 6.07) is 15.4. The molecular weight excluding hydrogens is 381 g/mol. The van der Waals surface area contributed by atoms with E-state index in [0.29, 0.717) is 5.56 Å². The fourth-order valence-corrected chi connectivity index (χ4v) is 2.41. The largest absolute Gasteiger partial charge is 0.481 e. The Morgan fingerprint density at radius 3 is 2.38 bits per heavy atom. The van der Waals surface area contributed by atoms with Gasteiger partial charge in [-0.25, -0.2) is 0 Å². The van der Waals surface area contributed by atoms with Gasteiger partial charge in [-0.05, 0) is 58.0 Å². The highest BCUT2D eigenvalue weighted by atomic mass is 127. The molecule has 0 spiro atoms. The lowest BCUT2D eigenvalue weighted by molar-refractivity contribution is -0.136. The van der Waals surface area contributed by atoms with Gasteiger partial charge in [-0.3, -0.25) is 9.59 Å². The van der Waals surface area contributed by atoms with Gasteiger partial charge in [0.15, 0.2) is 0 Å². The van der Waals surface area contributed by atoms with E-state index in [-0.39, 0.29) is 18.9 Å². The van der Waals surface area contributed by atoms with Gasteiger partial charge < -0.3 is 10.4 Å². The number of amides is 1. The molecule has 4 nitrogen and oxygen atoms in total. The summed E-state index contributed by atoms with van der Waals surface area (Å²) in [5, 5.41) is 11.1. The predicted octanol–water partition coefficient (Wildman–Crippen LogP) is 3.16. The van der Waals surface area contributed by atoms with E-state index < -0.39 is 5.97 Å². The van der Waals surface area contributed by atoms with Crippen molar-refractivity contribution in [3.8, 4) is 11.1 Å². The van der Waals surface area contributed by atoms with Crippen molar-refractivity contribution >= 4 is 34.5 Å². The maximum atomic E-state index is 11.8. The predicted molar refractivity (Wildman–Crippen MR) is 89.2 cm³/mol. The summed E-state index contributed by atoms with van der Waals surface area (Å²) < 4.78 is 1.15. The van der Waals surface area contributed by atoms with E-state index in [2.05, 4.69) is 34.0 Å². The first-order chi connectivity index (χ1) is 10.1. The summed E-state index contributed by atoms with van der Waals surface area (Å²) >= 11 is 2.26. The van der Waals surface area contributed by atoms with Crippen molar-refractivity contribution in [3.05, 3.63) is 57.7 Å². The number of benzene rings is 2. The van der Waals surface area contributed by atoms with E-state index in [1.54, 1.807) is 12.1 Å². The van der Waals surface area contributed by atoms with Crippen LogP contribution in [-0.4, -0.2) is 23.5 Å². The van der Waals surface area contributed by atoms with Crippen molar-refractivity contribution in [3.63, 3.8) is 0 Å². The molecule has 2 aromatic rings. The second-order valence-corrected chi connectivity index (χ2v) is 5.73. The van der Waals surface area contributed by atoms with E-state index in [4.69, 9.17) is 5.11 Å². The minimum absolute atomic E-state index is 0.0771. The number of hydrogen-bond donors (Lipinski definition) is 2. The second-order valence-electron chi connectivity index (χ2n) is 4.49. The Morgan fingerprint density at radius 2 is 1.76 bits per heavy atom. The highest BCUT2D eigenvalue weighted by Crippen LogP contribution is 2.21. The molecular formula is C16H14INO3. The van der Waals surface area contributed by atoms with Crippen LogP contribution in [-0.2, 0) is 4.79 Å². The number of nitrogens with one attached hydrogen (secondary N) is 1. The molecule has 0 bridgehead atoms. The summed E-state index contributed by atoms with van der Waals surface area (Å²) in [5.74, 6) is -1.19. The molecule has 0 saturated carbocycles. The fourth-order valence-electron chi connectivity index (χ4n) is 1.87. The number of aliphatic carboxylic acids is 1. The molecule has 2 aromatic carbocycles. The zero-order chi connectivity index (χ0) is 15.2. The Labute approximate surface area is 136 Å². The average molecular weight is 395 g/mol. The van der Waals surface area contributed by atoms with Crippen LogP contribution < -0.4 is 5.32 Å². The van der Waals surface area contributed by atoms with Crippen molar-refractivity contribution in [1.29, 1.82) is 0 Å². The summed E-state index contributed by atoms with van der Waals surface area (Å²) in [7, 11) is 0. The first-order valence-corrected chi connectivity index (χ1v) is 7.50. The molecule has 0 atom stereocenters. The Balaban J connectivity index is 2.05. The Morgan fingerprint density at radius 1 is 1.05 bits per heavy atom. The number of carboxylic acid groups (broad SMARTS) is 1. The molecule has 5 heteroatoms. The molecule has 0 aromatic heterocycles. The molecule has 0 fully saturated rings. The summed E-state index contributed by atoms with van der Waals surface area (Å²) in [6.45, 7) is 0.132. The first kappa shape index (κ1) is 15.5. The molecule has 0 unspecified atom stereocenters. The van der Waals surface area contributed by atoms with Gasteiger partial charge in [0.1, 0.15) is 0 Å². The third-order valence-corrected chi connectivity index (χ3v) is 3.60. The lowest BCUT2D eigenvalue weighted by Crippen LogP contribution is -2.25. The first-order valence-electron chi connectivity index (χ1n) is 6.42. The Hall–Kier alpha value is -1.89. The highest BCUT2D eigenvalue weighted by Gasteiger charge is 2.06. The van der Waals surface area contributed by atoms with E-state index in [9.17, 15) is 9.59 Å². The van der Waals surface area contributed by atoms with Crippen LogP contribution in [0.5, 0.6) is 0 Å². The van der Waals surface area contributed by atoms with Crippen LogP contribution in [0.3, 0.4) is 0 Å². The molecule has 0 aliphatic heterocycles. The zero-order valence-electron chi connectivity index (χ0n) is 11.2. The van der Waals surface area contributed by atoms with Gasteiger partial charge in [-0.1, -0.05) is 24.3 Å². The van der Waals surface area contributed by atoms with Crippen LogP contribution in [0, 0.1) is 3.57 Å². The van der Waals surface area contributed by atoms with E-state index in [1.165, 1.54) is 0 Å². The van der Waals surface area contributed by atoms with Gasteiger partial charge >= 0.3 is 5.97 Å². The molecule has 0 aliphatic rings. The van der Waals surface area contributed by atoms with Crippen molar-refractivity contribution in [2.24, 2.45) is 0 Å². The fraction of sp³-hybridized carbons (Fsp3) is 0.125. The molecule has 108 valence electrons. The van der Waals surface area contributed by atoms with E-state index in [1.807, 2.05) is 30.3 Å². The van der Waals surface area contributed by atoms with Crippen LogP contribution in [0.15, 0.2) is 48.5 Å². The van der Waals surface area contributed by atoms with Crippen LogP contribution in [0.4, 0.5) is 0 Å². The van der Waals surface area contributed by atoms with Crippen LogP contribution in [0.2, 0.25) is 0 Å². The molecule has 21 heavy (non-hydrogen) atoms. The normalized spacial score (nSPS) is 10.1. The minimum Gasteiger partial charge on any atom is -0.481 e. The molecule has 0 radical (unpaired) electrons. The monoisotopic (exact) mass is 395 g/mol. The van der Waals surface area contributed by atoms with Crippen LogP contribution in [0.25, 0.3) is 11.1 Å². The summed E-state index contributed by atoms with van der Waals surface area (Å²) in [6.07, 6.45) is -0.0771.